The molecule has 0 aromatic rings. The molecule has 0 unspecified atom stereocenters. The van der Waals surface area contributed by atoms with Crippen LogP contribution in [0.2, 0.25) is 0 Å². The van der Waals surface area contributed by atoms with Crippen molar-refractivity contribution in [3.63, 3.8) is 0 Å². The Morgan fingerprint density at radius 3 is 2.62 bits per heavy atom. The minimum Gasteiger partial charge on any atom is -0.380 e. The number of hydrogen-bond acceptors (Lipinski definition) is 2. The third-order valence-electron chi connectivity index (χ3n) is 2.24. The average Bonchev–Trinajstić information content (AvgIpc) is 2.30. The van der Waals surface area contributed by atoms with Gasteiger partial charge in [-0.3, -0.25) is 4.99 Å². The minimum atomic E-state index is 0.701. The molecule has 0 saturated heterocycles. The quantitative estimate of drug-likeness (QED) is 0.391. The Morgan fingerprint density at radius 1 is 1.31 bits per heavy atom. The predicted octanol–water partition coefficient (Wildman–Crippen LogP) is 1.72. The zero-order valence-electron chi connectivity index (χ0n) is 11.3. The van der Waals surface area contributed by atoms with Gasteiger partial charge >= 0.3 is 0 Å². The highest BCUT2D eigenvalue weighted by atomic mass is 16.5. The summed E-state index contributed by atoms with van der Waals surface area (Å²) >= 11 is 0. The molecule has 0 saturated carbocycles. The van der Waals surface area contributed by atoms with Crippen LogP contribution in [0.15, 0.2) is 4.99 Å². The van der Waals surface area contributed by atoms with Gasteiger partial charge in [0.1, 0.15) is 0 Å². The second-order valence-corrected chi connectivity index (χ2v) is 3.71. The third-order valence-corrected chi connectivity index (χ3v) is 2.24. The maximum absolute atomic E-state index is 5.27. The molecule has 4 nitrogen and oxygen atoms in total. The van der Waals surface area contributed by atoms with Gasteiger partial charge in [-0.15, -0.1) is 0 Å². The van der Waals surface area contributed by atoms with Crippen molar-refractivity contribution in [1.29, 1.82) is 0 Å². The lowest BCUT2D eigenvalue weighted by molar-refractivity contribution is 0.155. The number of rotatable bonds is 8. The van der Waals surface area contributed by atoms with Gasteiger partial charge in [0.25, 0.3) is 0 Å². The van der Waals surface area contributed by atoms with Gasteiger partial charge < -0.3 is 15.0 Å². The topological polar surface area (TPSA) is 36.9 Å². The first-order valence-corrected chi connectivity index (χ1v) is 6.33. The maximum atomic E-state index is 5.27. The summed E-state index contributed by atoms with van der Waals surface area (Å²) < 4.78 is 5.27. The maximum Gasteiger partial charge on any atom is 0.193 e. The highest BCUT2D eigenvalue weighted by Gasteiger charge is 2.03. The third kappa shape index (κ3) is 7.51. The molecular weight excluding hydrogens is 202 g/mol. The molecule has 16 heavy (non-hydrogen) atoms. The van der Waals surface area contributed by atoms with E-state index in [1.54, 1.807) is 0 Å². The molecule has 0 aliphatic carbocycles. The van der Waals surface area contributed by atoms with Crippen molar-refractivity contribution in [2.24, 2.45) is 4.99 Å². The molecule has 0 bridgehead atoms. The molecule has 0 aliphatic heterocycles. The highest BCUT2D eigenvalue weighted by Crippen LogP contribution is 1.93. The van der Waals surface area contributed by atoms with E-state index in [1.807, 2.05) is 6.92 Å². The normalized spacial score (nSPS) is 11.6. The zero-order valence-corrected chi connectivity index (χ0v) is 11.3. The van der Waals surface area contributed by atoms with E-state index in [4.69, 9.17) is 4.74 Å². The van der Waals surface area contributed by atoms with Crippen LogP contribution >= 0.6 is 0 Å². The molecule has 96 valence electrons. The standard InChI is InChI=1S/C12H27N3O/c1-5-8-10-15(4)12(13-6-2)14-9-11-16-7-3/h5-11H2,1-4H3,(H,13,14). The fraction of sp³-hybridized carbons (Fsp3) is 0.917. The Balaban J connectivity index is 4.01. The van der Waals surface area contributed by atoms with Crippen molar-refractivity contribution < 1.29 is 4.74 Å². The summed E-state index contributed by atoms with van der Waals surface area (Å²) in [5.74, 6) is 0.982. The molecule has 0 amide bonds. The Labute approximate surface area is 100 Å². The van der Waals surface area contributed by atoms with Crippen LogP contribution in [0.3, 0.4) is 0 Å². The van der Waals surface area contributed by atoms with E-state index >= 15 is 0 Å². The van der Waals surface area contributed by atoms with E-state index in [0.29, 0.717) is 6.61 Å². The number of unbranched alkanes of at least 4 members (excludes halogenated alkanes) is 1. The molecule has 0 aromatic carbocycles. The Bertz CT molecular complexity index is 183. The summed E-state index contributed by atoms with van der Waals surface area (Å²) in [6, 6.07) is 0. The Kier molecular flexibility index (Phi) is 10.2. The van der Waals surface area contributed by atoms with Crippen LogP contribution in [0, 0.1) is 0 Å². The summed E-state index contributed by atoms with van der Waals surface area (Å²) in [7, 11) is 2.08. The summed E-state index contributed by atoms with van der Waals surface area (Å²) in [5, 5.41) is 3.29. The van der Waals surface area contributed by atoms with Gasteiger partial charge in [0.2, 0.25) is 0 Å². The van der Waals surface area contributed by atoms with Crippen LogP contribution in [-0.4, -0.2) is 50.8 Å². The average molecular weight is 229 g/mol. The summed E-state index contributed by atoms with van der Waals surface area (Å²) in [6.45, 7) is 10.4. The Morgan fingerprint density at radius 2 is 2.06 bits per heavy atom. The van der Waals surface area contributed by atoms with E-state index in [2.05, 4.69) is 36.1 Å². The fourth-order valence-corrected chi connectivity index (χ4v) is 1.33. The van der Waals surface area contributed by atoms with Gasteiger partial charge in [-0.1, -0.05) is 13.3 Å². The first-order chi connectivity index (χ1) is 7.76. The lowest BCUT2D eigenvalue weighted by Gasteiger charge is -2.21. The van der Waals surface area contributed by atoms with Crippen LogP contribution < -0.4 is 5.32 Å². The van der Waals surface area contributed by atoms with Crippen molar-refractivity contribution in [1.82, 2.24) is 10.2 Å². The van der Waals surface area contributed by atoms with E-state index in [-0.39, 0.29) is 0 Å². The van der Waals surface area contributed by atoms with Crippen molar-refractivity contribution in [2.45, 2.75) is 33.6 Å². The number of ether oxygens (including phenoxy) is 1. The van der Waals surface area contributed by atoms with Gasteiger partial charge in [-0.2, -0.15) is 0 Å². The van der Waals surface area contributed by atoms with Crippen molar-refractivity contribution in [3.8, 4) is 0 Å². The molecular formula is C12H27N3O. The van der Waals surface area contributed by atoms with Crippen LogP contribution in [0.5, 0.6) is 0 Å². The Hall–Kier alpha value is -0.770. The summed E-state index contributed by atoms with van der Waals surface area (Å²) in [6.07, 6.45) is 2.41. The van der Waals surface area contributed by atoms with Gasteiger partial charge in [-0.25, -0.2) is 0 Å². The highest BCUT2D eigenvalue weighted by molar-refractivity contribution is 5.79. The summed E-state index contributed by atoms with van der Waals surface area (Å²) in [5.41, 5.74) is 0. The molecule has 0 spiro atoms. The number of aliphatic imine (C=N–C) groups is 1. The summed E-state index contributed by atoms with van der Waals surface area (Å²) in [4.78, 5) is 6.69. The van der Waals surface area contributed by atoms with E-state index in [1.165, 1.54) is 12.8 Å². The molecule has 0 rings (SSSR count). The van der Waals surface area contributed by atoms with Crippen LogP contribution in [0.4, 0.5) is 0 Å². The number of guanidine groups is 1. The monoisotopic (exact) mass is 229 g/mol. The molecule has 0 radical (unpaired) electrons. The van der Waals surface area contributed by atoms with Gasteiger partial charge in [0.15, 0.2) is 5.96 Å². The van der Waals surface area contributed by atoms with Crippen LogP contribution in [-0.2, 0) is 4.74 Å². The number of nitrogens with one attached hydrogen (secondary N) is 1. The van der Waals surface area contributed by atoms with Crippen molar-refractivity contribution >= 4 is 5.96 Å². The number of nitrogens with zero attached hydrogens (tertiary/aromatic N) is 2. The van der Waals surface area contributed by atoms with Crippen molar-refractivity contribution in [3.05, 3.63) is 0 Å². The molecule has 4 heteroatoms. The van der Waals surface area contributed by atoms with Crippen LogP contribution in [0.25, 0.3) is 0 Å². The molecule has 1 N–H and O–H groups in total. The first-order valence-electron chi connectivity index (χ1n) is 6.33. The van der Waals surface area contributed by atoms with E-state index < -0.39 is 0 Å². The lowest BCUT2D eigenvalue weighted by Crippen LogP contribution is -2.39. The first kappa shape index (κ1) is 15.2. The zero-order chi connectivity index (χ0) is 12.2. The fourth-order valence-electron chi connectivity index (χ4n) is 1.33. The van der Waals surface area contributed by atoms with Gasteiger partial charge in [0.05, 0.1) is 13.2 Å². The van der Waals surface area contributed by atoms with E-state index in [9.17, 15) is 0 Å². The predicted molar refractivity (Wildman–Crippen MR) is 70.0 cm³/mol. The van der Waals surface area contributed by atoms with Gasteiger partial charge in [0, 0.05) is 26.7 Å². The molecule has 0 atom stereocenters. The molecule has 0 aromatic heterocycles. The molecule has 0 fully saturated rings. The SMILES string of the molecule is CCCCN(C)C(=NCCOCC)NCC. The van der Waals surface area contributed by atoms with Gasteiger partial charge in [-0.05, 0) is 20.3 Å². The van der Waals surface area contributed by atoms with Crippen molar-refractivity contribution in [2.75, 3.05) is 39.9 Å². The number of hydrogen-bond donors (Lipinski definition) is 1. The minimum absolute atomic E-state index is 0.701. The lowest BCUT2D eigenvalue weighted by atomic mass is 10.3. The molecule has 0 heterocycles. The van der Waals surface area contributed by atoms with Crippen LogP contribution in [0.1, 0.15) is 33.6 Å². The second-order valence-electron chi connectivity index (χ2n) is 3.71. The smallest absolute Gasteiger partial charge is 0.193 e. The molecule has 0 aliphatic rings. The second kappa shape index (κ2) is 10.7. The largest absolute Gasteiger partial charge is 0.380 e. The van der Waals surface area contributed by atoms with E-state index in [0.717, 1.165) is 32.2 Å².